The second-order valence-corrected chi connectivity index (χ2v) is 6.59. The quantitative estimate of drug-likeness (QED) is 0.318. The normalized spacial score (nSPS) is 10.6. The molecule has 0 spiro atoms. The second kappa shape index (κ2) is 12.5. The van der Waals surface area contributed by atoms with Crippen molar-refractivity contribution in [1.82, 2.24) is 0 Å². The first-order valence-corrected chi connectivity index (χ1v) is 9.73. The summed E-state index contributed by atoms with van der Waals surface area (Å²) in [5, 5.41) is 1.14. The zero-order valence-electron chi connectivity index (χ0n) is 14.8. The monoisotopic (exact) mass is 386 g/mol. The van der Waals surface area contributed by atoms with Gasteiger partial charge in [0.05, 0.1) is 21.3 Å². The summed E-state index contributed by atoms with van der Waals surface area (Å²) in [6.07, 6.45) is 11.7. The molecule has 4 heteroatoms. The number of halogens is 1. The molecule has 0 saturated heterocycles. The van der Waals surface area contributed by atoms with Crippen LogP contribution in [0.2, 0.25) is 0 Å². The summed E-state index contributed by atoms with van der Waals surface area (Å²) in [4.78, 5) is 0. The summed E-state index contributed by atoms with van der Waals surface area (Å²) in [6, 6.07) is 4.11. The van der Waals surface area contributed by atoms with Crippen LogP contribution in [0.3, 0.4) is 0 Å². The molecule has 0 amide bonds. The molecule has 3 nitrogen and oxygen atoms in total. The maximum Gasteiger partial charge on any atom is 0.203 e. The lowest BCUT2D eigenvalue weighted by Crippen LogP contribution is -1.97. The van der Waals surface area contributed by atoms with E-state index >= 15 is 0 Å². The van der Waals surface area contributed by atoms with Crippen molar-refractivity contribution in [2.75, 3.05) is 26.7 Å². The first-order valence-electron chi connectivity index (χ1n) is 8.61. The van der Waals surface area contributed by atoms with Crippen LogP contribution >= 0.6 is 15.9 Å². The van der Waals surface area contributed by atoms with Crippen molar-refractivity contribution in [3.05, 3.63) is 17.7 Å². The average Bonchev–Trinajstić information content (AvgIpc) is 2.59. The molecule has 0 aromatic heterocycles. The number of hydrogen-bond donors (Lipinski definition) is 0. The number of aryl methyl sites for hydroxylation is 1. The lowest BCUT2D eigenvalue weighted by molar-refractivity contribution is 0.323. The minimum atomic E-state index is 0.669. The van der Waals surface area contributed by atoms with E-state index in [1.165, 1.54) is 56.9 Å². The molecular formula is C19H31BrO3. The largest absolute Gasteiger partial charge is 0.493 e. The van der Waals surface area contributed by atoms with Crippen molar-refractivity contribution < 1.29 is 14.2 Å². The third kappa shape index (κ3) is 7.47. The van der Waals surface area contributed by atoms with Gasteiger partial charge >= 0.3 is 0 Å². The number of hydrogen-bond acceptors (Lipinski definition) is 3. The minimum Gasteiger partial charge on any atom is -0.493 e. The van der Waals surface area contributed by atoms with Crippen LogP contribution in [0.1, 0.15) is 56.9 Å². The number of alkyl halides is 1. The van der Waals surface area contributed by atoms with E-state index in [9.17, 15) is 0 Å². The molecule has 0 bridgehead atoms. The van der Waals surface area contributed by atoms with Gasteiger partial charge in [-0.25, -0.2) is 0 Å². The molecule has 0 heterocycles. The zero-order valence-corrected chi connectivity index (χ0v) is 16.4. The predicted octanol–water partition coefficient (Wildman–Crippen LogP) is 5.77. The molecule has 0 unspecified atom stereocenters. The fraction of sp³-hybridized carbons (Fsp3) is 0.684. The van der Waals surface area contributed by atoms with E-state index in [-0.39, 0.29) is 0 Å². The van der Waals surface area contributed by atoms with E-state index in [0.29, 0.717) is 5.75 Å². The molecule has 0 fully saturated rings. The summed E-state index contributed by atoms with van der Waals surface area (Å²) >= 11 is 3.48. The molecule has 1 rings (SSSR count). The Morgan fingerprint density at radius 3 is 1.61 bits per heavy atom. The van der Waals surface area contributed by atoms with Gasteiger partial charge in [0, 0.05) is 5.33 Å². The summed E-state index contributed by atoms with van der Waals surface area (Å²) < 4.78 is 16.2. The molecule has 0 aliphatic rings. The van der Waals surface area contributed by atoms with Gasteiger partial charge < -0.3 is 14.2 Å². The molecule has 1 aromatic rings. The summed E-state index contributed by atoms with van der Waals surface area (Å²) in [7, 11) is 4.96. The van der Waals surface area contributed by atoms with Gasteiger partial charge in [-0.15, -0.1) is 0 Å². The number of rotatable bonds is 13. The Morgan fingerprint density at radius 2 is 1.17 bits per heavy atom. The molecule has 0 saturated carbocycles. The van der Waals surface area contributed by atoms with Crippen LogP contribution in [0.15, 0.2) is 12.1 Å². The van der Waals surface area contributed by atoms with Gasteiger partial charge in [0.2, 0.25) is 5.75 Å². The molecule has 0 N–H and O–H groups in total. The maximum absolute atomic E-state index is 5.40. The van der Waals surface area contributed by atoms with Crippen LogP contribution in [-0.2, 0) is 6.42 Å². The van der Waals surface area contributed by atoms with Crippen molar-refractivity contribution in [3.8, 4) is 17.2 Å². The Kier molecular flexibility index (Phi) is 11.0. The van der Waals surface area contributed by atoms with Crippen molar-refractivity contribution in [1.29, 1.82) is 0 Å². The van der Waals surface area contributed by atoms with E-state index in [1.807, 2.05) is 0 Å². The molecule has 0 radical (unpaired) electrons. The molecule has 0 atom stereocenters. The van der Waals surface area contributed by atoms with Gasteiger partial charge in [0.15, 0.2) is 11.5 Å². The van der Waals surface area contributed by atoms with Crippen molar-refractivity contribution >= 4 is 15.9 Å². The van der Waals surface area contributed by atoms with Crippen molar-refractivity contribution in [3.63, 3.8) is 0 Å². The summed E-state index contributed by atoms with van der Waals surface area (Å²) in [5.74, 6) is 2.16. The molecule has 0 aliphatic carbocycles. The lowest BCUT2D eigenvalue weighted by Gasteiger charge is -2.14. The van der Waals surface area contributed by atoms with Gasteiger partial charge in [-0.3, -0.25) is 0 Å². The van der Waals surface area contributed by atoms with Crippen molar-refractivity contribution in [2.24, 2.45) is 0 Å². The minimum absolute atomic E-state index is 0.669. The van der Waals surface area contributed by atoms with Gasteiger partial charge in [0.1, 0.15) is 0 Å². The van der Waals surface area contributed by atoms with Crippen LogP contribution < -0.4 is 14.2 Å². The van der Waals surface area contributed by atoms with E-state index in [4.69, 9.17) is 14.2 Å². The SMILES string of the molecule is COc1cc(CCCCCCCCCCBr)cc(OC)c1OC. The Bertz CT molecular complexity index is 410. The maximum atomic E-state index is 5.40. The van der Waals surface area contributed by atoms with Crippen LogP contribution in [0, 0.1) is 0 Å². The van der Waals surface area contributed by atoms with Gasteiger partial charge in [-0.05, 0) is 37.0 Å². The van der Waals surface area contributed by atoms with E-state index in [0.717, 1.165) is 23.2 Å². The Hall–Kier alpha value is -0.900. The molecular weight excluding hydrogens is 356 g/mol. The third-order valence-corrected chi connectivity index (χ3v) is 4.63. The van der Waals surface area contributed by atoms with Gasteiger partial charge in [0.25, 0.3) is 0 Å². The van der Waals surface area contributed by atoms with E-state index in [1.54, 1.807) is 21.3 Å². The highest BCUT2D eigenvalue weighted by molar-refractivity contribution is 9.09. The van der Waals surface area contributed by atoms with E-state index in [2.05, 4.69) is 28.1 Å². The first-order chi connectivity index (χ1) is 11.3. The second-order valence-electron chi connectivity index (χ2n) is 5.80. The predicted molar refractivity (Wildman–Crippen MR) is 101 cm³/mol. The fourth-order valence-corrected chi connectivity index (χ4v) is 3.16. The summed E-state index contributed by atoms with van der Waals surface area (Å²) in [6.45, 7) is 0. The van der Waals surface area contributed by atoms with Gasteiger partial charge in [-0.1, -0.05) is 54.5 Å². The first kappa shape index (κ1) is 20.1. The van der Waals surface area contributed by atoms with Crippen LogP contribution in [-0.4, -0.2) is 26.7 Å². The smallest absolute Gasteiger partial charge is 0.203 e. The third-order valence-electron chi connectivity index (χ3n) is 4.07. The summed E-state index contributed by atoms with van der Waals surface area (Å²) in [5.41, 5.74) is 1.25. The molecule has 132 valence electrons. The highest BCUT2D eigenvalue weighted by Gasteiger charge is 2.12. The molecule has 0 aliphatic heterocycles. The van der Waals surface area contributed by atoms with Crippen LogP contribution in [0.4, 0.5) is 0 Å². The zero-order chi connectivity index (χ0) is 16.9. The highest BCUT2D eigenvalue weighted by atomic mass is 79.9. The Morgan fingerprint density at radius 1 is 0.696 bits per heavy atom. The Balaban J connectivity index is 2.32. The van der Waals surface area contributed by atoms with Crippen LogP contribution in [0.5, 0.6) is 17.2 Å². The van der Waals surface area contributed by atoms with Crippen molar-refractivity contribution in [2.45, 2.75) is 57.8 Å². The van der Waals surface area contributed by atoms with Crippen LogP contribution in [0.25, 0.3) is 0 Å². The van der Waals surface area contributed by atoms with E-state index < -0.39 is 0 Å². The molecule has 1 aromatic carbocycles. The Labute approximate surface area is 149 Å². The standard InChI is InChI=1S/C19H31BrO3/c1-21-17-14-16(15-18(22-2)19(17)23-3)12-10-8-6-4-5-7-9-11-13-20/h14-15H,4-13H2,1-3H3. The lowest BCUT2D eigenvalue weighted by atomic mass is 10.0. The highest BCUT2D eigenvalue weighted by Crippen LogP contribution is 2.38. The number of methoxy groups -OCH3 is 3. The number of unbranched alkanes of at least 4 members (excludes halogenated alkanes) is 7. The average molecular weight is 387 g/mol. The number of benzene rings is 1. The topological polar surface area (TPSA) is 27.7 Å². The van der Waals surface area contributed by atoms with Gasteiger partial charge in [-0.2, -0.15) is 0 Å². The number of ether oxygens (including phenoxy) is 3. The molecule has 23 heavy (non-hydrogen) atoms. The fourth-order valence-electron chi connectivity index (χ4n) is 2.76.